The lowest BCUT2D eigenvalue weighted by atomic mass is 9.92. The zero-order valence-electron chi connectivity index (χ0n) is 12.9. The van der Waals surface area contributed by atoms with E-state index in [0.29, 0.717) is 18.0 Å². The fourth-order valence-electron chi connectivity index (χ4n) is 2.95. The van der Waals surface area contributed by atoms with Crippen molar-refractivity contribution >= 4 is 0 Å². The first kappa shape index (κ1) is 14.8. The standard InChI is InChI=1S/C16H29N3/c1-12(2)18-16(10-17,15-7-8-15)11-19(13(3)4)9-14-5-6-14/h12-15,18H,5-9,11H2,1-4H3. The molecular weight excluding hydrogens is 234 g/mol. The third kappa shape index (κ3) is 3.94. The molecule has 2 saturated carbocycles. The normalized spacial score (nSPS) is 22.8. The summed E-state index contributed by atoms with van der Waals surface area (Å²) in [6.07, 6.45) is 5.18. The summed E-state index contributed by atoms with van der Waals surface area (Å²) in [4.78, 5) is 2.52. The van der Waals surface area contributed by atoms with Crippen LogP contribution in [-0.2, 0) is 0 Å². The molecular formula is C16H29N3. The van der Waals surface area contributed by atoms with E-state index in [1.807, 2.05) is 0 Å². The van der Waals surface area contributed by atoms with Gasteiger partial charge in [-0.3, -0.25) is 10.2 Å². The van der Waals surface area contributed by atoms with Crippen LogP contribution in [0, 0.1) is 23.2 Å². The van der Waals surface area contributed by atoms with Crippen LogP contribution in [0.25, 0.3) is 0 Å². The summed E-state index contributed by atoms with van der Waals surface area (Å²) >= 11 is 0. The van der Waals surface area contributed by atoms with Gasteiger partial charge in [-0.1, -0.05) is 0 Å². The quantitative estimate of drug-likeness (QED) is 0.732. The summed E-state index contributed by atoms with van der Waals surface area (Å²) in [6, 6.07) is 3.53. The molecule has 108 valence electrons. The number of nitrogens with zero attached hydrogens (tertiary/aromatic N) is 2. The Hall–Kier alpha value is -0.590. The van der Waals surface area contributed by atoms with E-state index in [1.165, 1.54) is 32.2 Å². The lowest BCUT2D eigenvalue weighted by Crippen LogP contribution is -2.58. The summed E-state index contributed by atoms with van der Waals surface area (Å²) < 4.78 is 0. The lowest BCUT2D eigenvalue weighted by molar-refractivity contribution is 0.149. The van der Waals surface area contributed by atoms with Crippen molar-refractivity contribution in [2.75, 3.05) is 13.1 Å². The first-order valence-corrected chi connectivity index (χ1v) is 7.90. The Bertz CT molecular complexity index is 336. The number of hydrogen-bond acceptors (Lipinski definition) is 3. The topological polar surface area (TPSA) is 39.1 Å². The highest BCUT2D eigenvalue weighted by atomic mass is 15.2. The van der Waals surface area contributed by atoms with Crippen LogP contribution < -0.4 is 5.32 Å². The number of hydrogen-bond donors (Lipinski definition) is 1. The van der Waals surface area contributed by atoms with E-state index in [1.54, 1.807) is 0 Å². The number of rotatable bonds is 8. The van der Waals surface area contributed by atoms with E-state index in [9.17, 15) is 5.26 Å². The van der Waals surface area contributed by atoms with Crippen molar-refractivity contribution in [3.63, 3.8) is 0 Å². The maximum absolute atomic E-state index is 9.78. The van der Waals surface area contributed by atoms with E-state index >= 15 is 0 Å². The molecule has 1 unspecified atom stereocenters. The largest absolute Gasteiger partial charge is 0.298 e. The Morgan fingerprint density at radius 2 is 1.84 bits per heavy atom. The molecule has 0 saturated heterocycles. The summed E-state index contributed by atoms with van der Waals surface area (Å²) in [5.41, 5.74) is -0.326. The fourth-order valence-corrected chi connectivity index (χ4v) is 2.95. The Kier molecular flexibility index (Phi) is 4.53. The van der Waals surface area contributed by atoms with Gasteiger partial charge in [0.2, 0.25) is 0 Å². The van der Waals surface area contributed by atoms with Gasteiger partial charge in [0.25, 0.3) is 0 Å². The summed E-state index contributed by atoms with van der Waals surface area (Å²) in [5.74, 6) is 1.44. The van der Waals surface area contributed by atoms with Gasteiger partial charge in [-0.25, -0.2) is 0 Å². The van der Waals surface area contributed by atoms with Crippen LogP contribution in [0.1, 0.15) is 53.4 Å². The predicted octanol–water partition coefficient (Wildman–Crippen LogP) is 2.78. The van der Waals surface area contributed by atoms with Crippen molar-refractivity contribution in [2.45, 2.75) is 71.0 Å². The second-order valence-electron chi connectivity index (χ2n) is 7.12. The van der Waals surface area contributed by atoms with Gasteiger partial charge in [-0.2, -0.15) is 5.26 Å². The minimum absolute atomic E-state index is 0.326. The van der Waals surface area contributed by atoms with Gasteiger partial charge in [0, 0.05) is 25.2 Å². The van der Waals surface area contributed by atoms with E-state index in [0.717, 1.165) is 12.5 Å². The third-order valence-electron chi connectivity index (χ3n) is 4.39. The minimum Gasteiger partial charge on any atom is -0.298 e. The Balaban J connectivity index is 2.05. The first-order valence-electron chi connectivity index (χ1n) is 7.90. The molecule has 0 heterocycles. The van der Waals surface area contributed by atoms with Gasteiger partial charge in [0.05, 0.1) is 6.07 Å². The fraction of sp³-hybridized carbons (Fsp3) is 0.938. The zero-order chi connectivity index (χ0) is 14.0. The molecule has 0 amide bonds. The maximum Gasteiger partial charge on any atom is 0.122 e. The predicted molar refractivity (Wildman–Crippen MR) is 78.8 cm³/mol. The summed E-state index contributed by atoms with van der Waals surface area (Å²) in [5, 5.41) is 13.4. The molecule has 1 atom stereocenters. The Morgan fingerprint density at radius 3 is 2.21 bits per heavy atom. The van der Waals surface area contributed by atoms with E-state index in [-0.39, 0.29) is 5.54 Å². The molecule has 0 spiro atoms. The van der Waals surface area contributed by atoms with E-state index < -0.39 is 0 Å². The lowest BCUT2D eigenvalue weighted by Gasteiger charge is -2.38. The molecule has 2 aliphatic rings. The highest BCUT2D eigenvalue weighted by Crippen LogP contribution is 2.41. The molecule has 0 aromatic rings. The van der Waals surface area contributed by atoms with Crippen LogP contribution in [0.5, 0.6) is 0 Å². The molecule has 3 heteroatoms. The number of nitrogens with one attached hydrogen (secondary N) is 1. The first-order chi connectivity index (χ1) is 8.97. The van der Waals surface area contributed by atoms with Crippen LogP contribution in [0.2, 0.25) is 0 Å². The average Bonchev–Trinajstić information content (AvgIpc) is 3.17. The van der Waals surface area contributed by atoms with Gasteiger partial charge < -0.3 is 0 Å². The van der Waals surface area contributed by atoms with Gasteiger partial charge in [0.15, 0.2) is 0 Å². The molecule has 1 N–H and O–H groups in total. The molecule has 0 bridgehead atoms. The Morgan fingerprint density at radius 1 is 1.21 bits per heavy atom. The molecule has 0 aromatic carbocycles. The zero-order valence-corrected chi connectivity index (χ0v) is 12.9. The van der Waals surface area contributed by atoms with Crippen LogP contribution in [0.3, 0.4) is 0 Å². The molecule has 0 aliphatic heterocycles. The monoisotopic (exact) mass is 263 g/mol. The second-order valence-corrected chi connectivity index (χ2v) is 7.12. The third-order valence-corrected chi connectivity index (χ3v) is 4.39. The highest BCUT2D eigenvalue weighted by molar-refractivity contribution is 5.17. The molecule has 2 fully saturated rings. The van der Waals surface area contributed by atoms with Crippen LogP contribution >= 0.6 is 0 Å². The highest BCUT2D eigenvalue weighted by Gasteiger charge is 2.47. The molecule has 0 aromatic heterocycles. The molecule has 3 nitrogen and oxygen atoms in total. The van der Waals surface area contributed by atoms with Crippen LogP contribution in [-0.4, -0.2) is 35.6 Å². The molecule has 2 aliphatic carbocycles. The SMILES string of the molecule is CC(C)NC(C#N)(CN(CC1CC1)C(C)C)C1CC1. The summed E-state index contributed by atoms with van der Waals surface area (Å²) in [7, 11) is 0. The molecule has 0 radical (unpaired) electrons. The van der Waals surface area contributed by atoms with Crippen molar-refractivity contribution in [3.05, 3.63) is 0 Å². The van der Waals surface area contributed by atoms with Crippen LogP contribution in [0.15, 0.2) is 0 Å². The summed E-state index contributed by atoms with van der Waals surface area (Å²) in [6.45, 7) is 10.9. The van der Waals surface area contributed by atoms with Crippen LogP contribution in [0.4, 0.5) is 0 Å². The van der Waals surface area contributed by atoms with E-state index in [2.05, 4.69) is 44.0 Å². The second kappa shape index (κ2) is 5.81. The average molecular weight is 263 g/mol. The van der Waals surface area contributed by atoms with Crippen molar-refractivity contribution in [1.82, 2.24) is 10.2 Å². The van der Waals surface area contributed by atoms with Gasteiger partial charge in [-0.05, 0) is 65.2 Å². The smallest absolute Gasteiger partial charge is 0.122 e. The van der Waals surface area contributed by atoms with Crippen molar-refractivity contribution in [3.8, 4) is 6.07 Å². The molecule has 19 heavy (non-hydrogen) atoms. The van der Waals surface area contributed by atoms with Crippen molar-refractivity contribution in [2.24, 2.45) is 11.8 Å². The van der Waals surface area contributed by atoms with Gasteiger partial charge >= 0.3 is 0 Å². The molecule has 2 rings (SSSR count). The number of nitriles is 1. The Labute approximate surface area is 118 Å². The van der Waals surface area contributed by atoms with Crippen molar-refractivity contribution < 1.29 is 0 Å². The maximum atomic E-state index is 9.78. The van der Waals surface area contributed by atoms with Crippen molar-refractivity contribution in [1.29, 1.82) is 5.26 Å². The van der Waals surface area contributed by atoms with Gasteiger partial charge in [0.1, 0.15) is 5.54 Å². The van der Waals surface area contributed by atoms with Gasteiger partial charge in [-0.15, -0.1) is 0 Å². The van der Waals surface area contributed by atoms with E-state index in [4.69, 9.17) is 0 Å². The minimum atomic E-state index is -0.326.